The van der Waals surface area contributed by atoms with E-state index in [0.29, 0.717) is 22.9 Å². The second-order valence-electron chi connectivity index (χ2n) is 5.94. The van der Waals surface area contributed by atoms with Gasteiger partial charge in [-0.2, -0.15) is 0 Å². The molecule has 2 aromatic heterocycles. The van der Waals surface area contributed by atoms with Crippen molar-refractivity contribution in [3.63, 3.8) is 0 Å². The first-order valence-electron chi connectivity index (χ1n) is 7.11. The number of amides is 1. The highest BCUT2D eigenvalue weighted by atomic mass is 35.5. The fraction of sp³-hybridized carbons (Fsp3) is 0.333. The van der Waals surface area contributed by atoms with Gasteiger partial charge in [0, 0.05) is 12.3 Å². The minimum atomic E-state index is -3.07. The molecule has 122 valence electrons. The van der Waals surface area contributed by atoms with E-state index in [4.69, 9.17) is 11.6 Å². The summed E-state index contributed by atoms with van der Waals surface area (Å²) in [5.74, 6) is -0.283. The average molecular weight is 354 g/mol. The van der Waals surface area contributed by atoms with Gasteiger partial charge in [0.25, 0.3) is 0 Å². The molecule has 1 fully saturated rings. The van der Waals surface area contributed by atoms with Crippen molar-refractivity contribution in [1.82, 2.24) is 14.7 Å². The first-order valence-corrected chi connectivity index (χ1v) is 9.31. The zero-order chi connectivity index (χ0) is 16.7. The minimum Gasteiger partial charge on any atom is -0.346 e. The van der Waals surface area contributed by atoms with Crippen molar-refractivity contribution in [2.24, 2.45) is 0 Å². The van der Waals surface area contributed by atoms with Gasteiger partial charge >= 0.3 is 0 Å². The molecule has 3 rings (SSSR count). The number of rotatable bonds is 3. The maximum absolute atomic E-state index is 12.1. The minimum absolute atomic E-state index is 0.0318. The number of halogens is 1. The van der Waals surface area contributed by atoms with Gasteiger partial charge in [0.05, 0.1) is 22.7 Å². The summed E-state index contributed by atoms with van der Waals surface area (Å²) in [7, 11) is -3.07. The number of hydrogen-bond donors (Lipinski definition) is 1. The van der Waals surface area contributed by atoms with Gasteiger partial charge in [-0.1, -0.05) is 17.7 Å². The lowest BCUT2D eigenvalue weighted by Gasteiger charge is -2.22. The van der Waals surface area contributed by atoms with E-state index in [-0.39, 0.29) is 17.4 Å². The number of nitrogens with zero attached hydrogens (tertiary/aromatic N) is 2. The Morgan fingerprint density at radius 2 is 2.26 bits per heavy atom. The van der Waals surface area contributed by atoms with Crippen molar-refractivity contribution in [3.8, 4) is 0 Å². The molecule has 1 saturated heterocycles. The Morgan fingerprint density at radius 1 is 1.48 bits per heavy atom. The monoisotopic (exact) mass is 353 g/mol. The largest absolute Gasteiger partial charge is 0.346 e. The van der Waals surface area contributed by atoms with Crippen LogP contribution in [-0.4, -0.2) is 40.8 Å². The maximum Gasteiger partial charge on any atom is 0.244 e. The molecule has 0 aliphatic carbocycles. The Balaban J connectivity index is 1.77. The first-order chi connectivity index (χ1) is 10.8. The predicted octanol–water partition coefficient (Wildman–Crippen LogP) is 1.69. The fourth-order valence-corrected chi connectivity index (χ4v) is 5.07. The van der Waals surface area contributed by atoms with E-state index >= 15 is 0 Å². The number of hydrogen-bond acceptors (Lipinski definition) is 4. The van der Waals surface area contributed by atoms with Gasteiger partial charge in [-0.15, -0.1) is 0 Å². The highest BCUT2D eigenvalue weighted by Gasteiger charge is 2.39. The molecule has 0 bridgehead atoms. The van der Waals surface area contributed by atoms with Crippen molar-refractivity contribution in [2.45, 2.75) is 18.9 Å². The normalized spacial score (nSPS) is 23.6. The van der Waals surface area contributed by atoms with Crippen LogP contribution < -0.4 is 5.32 Å². The molecule has 1 atom stereocenters. The summed E-state index contributed by atoms with van der Waals surface area (Å²) in [6.07, 6.45) is 5.14. The Hall–Kier alpha value is -1.86. The van der Waals surface area contributed by atoms with Crippen LogP contribution in [0.4, 0.5) is 0 Å². The van der Waals surface area contributed by atoms with E-state index in [9.17, 15) is 13.2 Å². The predicted molar refractivity (Wildman–Crippen MR) is 89.1 cm³/mol. The number of carbonyl (C=O) groups excluding carboxylic acids is 1. The van der Waals surface area contributed by atoms with Crippen LogP contribution in [0.3, 0.4) is 0 Å². The number of pyridine rings is 1. The van der Waals surface area contributed by atoms with Crippen LogP contribution in [0, 0.1) is 0 Å². The number of fused-ring (bicyclic) bond motifs is 1. The summed E-state index contributed by atoms with van der Waals surface area (Å²) >= 11 is 6.09. The zero-order valence-electron chi connectivity index (χ0n) is 12.5. The van der Waals surface area contributed by atoms with Crippen molar-refractivity contribution in [3.05, 3.63) is 41.3 Å². The molecule has 1 aliphatic heterocycles. The highest BCUT2D eigenvalue weighted by molar-refractivity contribution is 7.91. The van der Waals surface area contributed by atoms with Crippen LogP contribution in [0.15, 0.2) is 30.5 Å². The molecule has 0 spiro atoms. The summed E-state index contributed by atoms with van der Waals surface area (Å²) in [5, 5.41) is 3.06. The summed E-state index contributed by atoms with van der Waals surface area (Å²) in [4.78, 5) is 16.3. The van der Waals surface area contributed by atoms with Gasteiger partial charge in [-0.3, -0.25) is 9.20 Å². The topological polar surface area (TPSA) is 80.5 Å². The number of sulfone groups is 1. The van der Waals surface area contributed by atoms with Crippen LogP contribution >= 0.6 is 11.6 Å². The van der Waals surface area contributed by atoms with Crippen molar-refractivity contribution in [2.75, 3.05) is 11.5 Å². The van der Waals surface area contributed by atoms with E-state index < -0.39 is 15.4 Å². The van der Waals surface area contributed by atoms with E-state index in [2.05, 4.69) is 10.3 Å². The molecule has 1 N–H and O–H groups in total. The fourth-order valence-electron chi connectivity index (χ4n) is 2.74. The summed E-state index contributed by atoms with van der Waals surface area (Å²) < 4.78 is 24.9. The zero-order valence-corrected chi connectivity index (χ0v) is 14.1. The third-order valence-corrected chi connectivity index (χ3v) is 6.02. The van der Waals surface area contributed by atoms with Crippen LogP contribution in [0.2, 0.25) is 5.15 Å². The molecule has 0 saturated carbocycles. The van der Waals surface area contributed by atoms with Crippen molar-refractivity contribution < 1.29 is 13.2 Å². The van der Waals surface area contributed by atoms with E-state index in [0.717, 1.165) is 0 Å². The lowest BCUT2D eigenvalue weighted by Crippen LogP contribution is -2.46. The molecule has 0 aromatic carbocycles. The van der Waals surface area contributed by atoms with Gasteiger partial charge < -0.3 is 5.32 Å². The molecule has 1 unspecified atom stereocenters. The lowest BCUT2D eigenvalue weighted by molar-refractivity contribution is -0.117. The molecule has 0 radical (unpaired) electrons. The van der Waals surface area contributed by atoms with E-state index in [1.807, 2.05) is 18.2 Å². The van der Waals surface area contributed by atoms with Gasteiger partial charge in [0.15, 0.2) is 15.0 Å². The Morgan fingerprint density at radius 3 is 2.96 bits per heavy atom. The standard InChI is InChI=1S/C15H16ClN3O3S/c1-15(7-9-23(21,22)10-15)18-13(20)6-5-11-14(16)17-12-4-2-3-8-19(11)12/h2-6,8H,7,9-10H2,1H3,(H,18,20)/b6-5+. The van der Waals surface area contributed by atoms with Crippen molar-refractivity contribution >= 4 is 39.1 Å². The third kappa shape index (κ3) is 3.40. The van der Waals surface area contributed by atoms with Crippen LogP contribution in [0.5, 0.6) is 0 Å². The second-order valence-corrected chi connectivity index (χ2v) is 8.48. The summed E-state index contributed by atoms with van der Waals surface area (Å²) in [5.41, 5.74) is 0.566. The van der Waals surface area contributed by atoms with Gasteiger partial charge in [-0.25, -0.2) is 13.4 Å². The molecule has 1 aliphatic rings. The lowest BCUT2D eigenvalue weighted by atomic mass is 10.0. The third-order valence-electron chi connectivity index (χ3n) is 3.84. The van der Waals surface area contributed by atoms with Gasteiger partial charge in [0.1, 0.15) is 5.65 Å². The van der Waals surface area contributed by atoms with E-state index in [1.54, 1.807) is 23.6 Å². The first kappa shape index (κ1) is 16.0. The molecular weight excluding hydrogens is 338 g/mol. The van der Waals surface area contributed by atoms with E-state index in [1.165, 1.54) is 6.08 Å². The Bertz CT molecular complexity index is 904. The van der Waals surface area contributed by atoms with Crippen LogP contribution in [0.1, 0.15) is 19.0 Å². The summed E-state index contributed by atoms with van der Waals surface area (Å²) in [6, 6.07) is 5.50. The molecule has 1 amide bonds. The molecule has 3 heterocycles. The smallest absolute Gasteiger partial charge is 0.244 e. The second kappa shape index (κ2) is 5.65. The molecule has 23 heavy (non-hydrogen) atoms. The highest BCUT2D eigenvalue weighted by Crippen LogP contribution is 2.23. The number of nitrogens with one attached hydrogen (secondary N) is 1. The van der Waals surface area contributed by atoms with Gasteiger partial charge in [0.2, 0.25) is 5.91 Å². The number of carbonyl (C=O) groups is 1. The number of imidazole rings is 1. The quantitative estimate of drug-likeness (QED) is 0.851. The molecule has 2 aromatic rings. The van der Waals surface area contributed by atoms with Gasteiger partial charge in [-0.05, 0) is 31.6 Å². The average Bonchev–Trinajstić information content (AvgIpc) is 2.92. The molecule has 8 heteroatoms. The molecular formula is C15H16ClN3O3S. The van der Waals surface area contributed by atoms with Crippen LogP contribution in [-0.2, 0) is 14.6 Å². The SMILES string of the molecule is CC1(NC(=O)/C=C/c2c(Cl)nc3ccccn23)CCS(=O)(=O)C1. The van der Waals surface area contributed by atoms with Crippen LogP contribution in [0.25, 0.3) is 11.7 Å². The molecule has 6 nitrogen and oxygen atoms in total. The van der Waals surface area contributed by atoms with Crippen molar-refractivity contribution in [1.29, 1.82) is 0 Å². The number of aromatic nitrogens is 2. The Labute approximate surface area is 139 Å². The maximum atomic E-state index is 12.1. The summed E-state index contributed by atoms with van der Waals surface area (Å²) in [6.45, 7) is 1.74. The Kier molecular flexibility index (Phi) is 3.93.